The number of nitrogens with one attached hydrogen (secondary N) is 2. The zero-order chi connectivity index (χ0) is 20.4. The van der Waals surface area contributed by atoms with Crippen molar-refractivity contribution in [3.8, 4) is 5.75 Å². The summed E-state index contributed by atoms with van der Waals surface area (Å²) in [5, 5.41) is 5.40. The molecule has 6 nitrogen and oxygen atoms in total. The lowest BCUT2D eigenvalue weighted by Crippen LogP contribution is -2.30. The molecule has 0 fully saturated rings. The highest BCUT2D eigenvalue weighted by Crippen LogP contribution is 2.23. The molecular weight excluding hydrogens is 392 g/mol. The number of H-pyrrole nitrogens is 1. The van der Waals surface area contributed by atoms with E-state index in [2.05, 4.69) is 10.3 Å². The number of ether oxygens (including phenoxy) is 1. The normalized spacial score (nSPS) is 11.1. The predicted octanol–water partition coefficient (Wildman–Crippen LogP) is 3.97. The number of benzene rings is 2. The maximum absolute atomic E-state index is 12.1. The number of hydrogen-bond donors (Lipinski definition) is 2. The molecule has 0 aliphatic heterocycles. The quantitative estimate of drug-likeness (QED) is 0.471. The summed E-state index contributed by atoms with van der Waals surface area (Å²) in [6.45, 7) is 2.20. The minimum Gasteiger partial charge on any atom is -0.484 e. The van der Waals surface area contributed by atoms with Crippen LogP contribution in [0.1, 0.15) is 11.1 Å². The van der Waals surface area contributed by atoms with E-state index in [1.165, 1.54) is 6.07 Å². The van der Waals surface area contributed by atoms with Gasteiger partial charge in [0.25, 0.3) is 5.91 Å². The molecule has 4 aromatic rings. The molecule has 2 aromatic heterocycles. The first kappa shape index (κ1) is 19.1. The Kier molecular flexibility index (Phi) is 5.27. The first-order valence-electron chi connectivity index (χ1n) is 9.19. The van der Waals surface area contributed by atoms with Crippen LogP contribution in [0, 0.1) is 6.92 Å². The number of rotatable bonds is 6. The molecule has 0 unspecified atom stereocenters. The number of hydrogen-bond acceptors (Lipinski definition) is 4. The van der Waals surface area contributed by atoms with Crippen LogP contribution in [0.4, 0.5) is 0 Å². The molecule has 148 valence electrons. The Bertz CT molecular complexity index is 1260. The van der Waals surface area contributed by atoms with Gasteiger partial charge in [0, 0.05) is 46.2 Å². The minimum absolute atomic E-state index is 0.124. The maximum atomic E-state index is 12.1. The van der Waals surface area contributed by atoms with Crippen molar-refractivity contribution < 1.29 is 13.9 Å². The van der Waals surface area contributed by atoms with Crippen molar-refractivity contribution in [3.05, 3.63) is 75.2 Å². The lowest BCUT2D eigenvalue weighted by Gasteiger charge is -2.08. The van der Waals surface area contributed by atoms with E-state index in [0.717, 1.165) is 27.4 Å². The number of carbonyl (C=O) groups excluding carboxylic acids is 1. The van der Waals surface area contributed by atoms with E-state index in [9.17, 15) is 9.59 Å². The Morgan fingerprint density at radius 1 is 1.17 bits per heavy atom. The number of aryl methyl sites for hydroxylation is 1. The second kappa shape index (κ2) is 8.01. The average molecular weight is 411 g/mol. The monoisotopic (exact) mass is 410 g/mol. The molecule has 2 aromatic carbocycles. The smallest absolute Gasteiger partial charge is 0.336 e. The summed E-state index contributed by atoms with van der Waals surface area (Å²) in [6, 6.07) is 12.3. The first-order chi connectivity index (χ1) is 14.0. The molecule has 2 heterocycles. The average Bonchev–Trinajstić information content (AvgIpc) is 3.08. The number of carbonyl (C=O) groups is 1. The fourth-order valence-corrected chi connectivity index (χ4v) is 3.46. The minimum atomic E-state index is -0.413. The summed E-state index contributed by atoms with van der Waals surface area (Å²) in [7, 11) is 0. The van der Waals surface area contributed by atoms with E-state index in [0.29, 0.717) is 29.3 Å². The Morgan fingerprint density at radius 3 is 2.90 bits per heavy atom. The van der Waals surface area contributed by atoms with Crippen LogP contribution < -0.4 is 15.7 Å². The van der Waals surface area contributed by atoms with Crippen LogP contribution in [0.2, 0.25) is 5.02 Å². The lowest BCUT2D eigenvalue weighted by atomic mass is 10.1. The summed E-state index contributed by atoms with van der Waals surface area (Å²) in [4.78, 5) is 26.8. The van der Waals surface area contributed by atoms with E-state index < -0.39 is 5.63 Å². The summed E-state index contributed by atoms with van der Waals surface area (Å²) < 4.78 is 10.7. The molecule has 0 saturated carbocycles. The maximum Gasteiger partial charge on any atom is 0.336 e. The van der Waals surface area contributed by atoms with Crippen LogP contribution in [0.25, 0.3) is 21.9 Å². The van der Waals surface area contributed by atoms with Gasteiger partial charge in [-0.3, -0.25) is 4.79 Å². The van der Waals surface area contributed by atoms with Gasteiger partial charge in [0.1, 0.15) is 11.3 Å². The van der Waals surface area contributed by atoms with Gasteiger partial charge in [-0.2, -0.15) is 0 Å². The Balaban J connectivity index is 1.32. The topological polar surface area (TPSA) is 84.3 Å². The largest absolute Gasteiger partial charge is 0.484 e. The highest BCUT2D eigenvalue weighted by molar-refractivity contribution is 6.31. The molecule has 2 N–H and O–H groups in total. The number of aromatic amines is 1. The van der Waals surface area contributed by atoms with Crippen molar-refractivity contribution in [2.75, 3.05) is 13.2 Å². The van der Waals surface area contributed by atoms with Crippen LogP contribution in [-0.4, -0.2) is 24.0 Å². The van der Waals surface area contributed by atoms with Crippen molar-refractivity contribution in [1.82, 2.24) is 10.3 Å². The molecule has 29 heavy (non-hydrogen) atoms. The second-order valence-electron chi connectivity index (χ2n) is 6.80. The fraction of sp³-hybridized carbons (Fsp3) is 0.182. The zero-order valence-corrected chi connectivity index (χ0v) is 16.5. The second-order valence-corrected chi connectivity index (χ2v) is 7.24. The predicted molar refractivity (Wildman–Crippen MR) is 113 cm³/mol. The molecule has 7 heteroatoms. The molecule has 4 rings (SSSR count). The van der Waals surface area contributed by atoms with Crippen LogP contribution in [0.5, 0.6) is 5.75 Å². The number of halogens is 1. The molecule has 0 saturated heterocycles. The molecule has 0 spiro atoms. The van der Waals surface area contributed by atoms with Crippen molar-refractivity contribution >= 4 is 39.4 Å². The van der Waals surface area contributed by atoms with Crippen molar-refractivity contribution in [2.45, 2.75) is 13.3 Å². The number of fused-ring (bicyclic) bond motifs is 2. The van der Waals surface area contributed by atoms with Crippen LogP contribution in [0.15, 0.2) is 57.9 Å². The summed E-state index contributed by atoms with van der Waals surface area (Å²) in [5.41, 5.74) is 2.95. The highest BCUT2D eigenvalue weighted by Gasteiger charge is 2.08. The molecule has 0 atom stereocenters. The molecule has 0 radical (unpaired) electrons. The highest BCUT2D eigenvalue weighted by atomic mass is 35.5. The summed E-state index contributed by atoms with van der Waals surface area (Å²) in [6.07, 6.45) is 2.60. The molecule has 1 amide bonds. The van der Waals surface area contributed by atoms with Gasteiger partial charge in [-0.05, 0) is 54.8 Å². The molecule has 0 aliphatic rings. The van der Waals surface area contributed by atoms with Gasteiger partial charge in [-0.25, -0.2) is 4.79 Å². The van der Waals surface area contributed by atoms with Crippen LogP contribution >= 0.6 is 11.6 Å². The number of amides is 1. The molecule has 0 aliphatic carbocycles. The van der Waals surface area contributed by atoms with E-state index in [1.807, 2.05) is 37.4 Å². The lowest BCUT2D eigenvalue weighted by molar-refractivity contribution is -0.123. The zero-order valence-electron chi connectivity index (χ0n) is 15.8. The Hall–Kier alpha value is -3.25. The van der Waals surface area contributed by atoms with Gasteiger partial charge in [0.05, 0.1) is 0 Å². The third-order valence-electron chi connectivity index (χ3n) is 4.74. The van der Waals surface area contributed by atoms with E-state index in [-0.39, 0.29) is 12.5 Å². The SMILES string of the molecule is Cc1cc(=O)oc2cc(OCC(=O)NCCc3c[nH]c4ccc(Cl)cc34)ccc12. The first-order valence-corrected chi connectivity index (χ1v) is 9.57. The summed E-state index contributed by atoms with van der Waals surface area (Å²) >= 11 is 6.06. The van der Waals surface area contributed by atoms with Gasteiger partial charge in [-0.15, -0.1) is 0 Å². The third-order valence-corrected chi connectivity index (χ3v) is 4.97. The molecule has 0 bridgehead atoms. The van der Waals surface area contributed by atoms with Crippen molar-refractivity contribution in [1.29, 1.82) is 0 Å². The Labute approximate surface area is 171 Å². The van der Waals surface area contributed by atoms with Crippen molar-refractivity contribution in [3.63, 3.8) is 0 Å². The Morgan fingerprint density at radius 2 is 2.03 bits per heavy atom. The standard InChI is InChI=1S/C22H19ClN2O4/c1-13-8-22(27)29-20-10-16(3-4-17(13)20)28-12-21(26)24-7-6-14-11-25-19-5-2-15(23)9-18(14)19/h2-5,8-11,25H,6-7,12H2,1H3,(H,24,26). The summed E-state index contributed by atoms with van der Waals surface area (Å²) in [5.74, 6) is 0.237. The number of aromatic nitrogens is 1. The van der Waals surface area contributed by atoms with Crippen molar-refractivity contribution in [2.24, 2.45) is 0 Å². The van der Waals surface area contributed by atoms with Gasteiger partial charge < -0.3 is 19.5 Å². The third kappa shape index (κ3) is 4.27. The molecular formula is C22H19ClN2O4. The van der Waals surface area contributed by atoms with E-state index in [4.69, 9.17) is 20.8 Å². The van der Waals surface area contributed by atoms with Crippen LogP contribution in [-0.2, 0) is 11.2 Å². The van der Waals surface area contributed by atoms with Gasteiger partial charge >= 0.3 is 5.63 Å². The fourth-order valence-electron chi connectivity index (χ4n) is 3.29. The van der Waals surface area contributed by atoms with Crippen LogP contribution in [0.3, 0.4) is 0 Å². The van der Waals surface area contributed by atoms with Gasteiger partial charge in [0.15, 0.2) is 6.61 Å². The van der Waals surface area contributed by atoms with E-state index in [1.54, 1.807) is 12.1 Å². The van der Waals surface area contributed by atoms with Gasteiger partial charge in [0.2, 0.25) is 0 Å². The van der Waals surface area contributed by atoms with Gasteiger partial charge in [-0.1, -0.05) is 11.6 Å². The van der Waals surface area contributed by atoms with E-state index >= 15 is 0 Å².